The highest BCUT2D eigenvalue weighted by Crippen LogP contribution is 2.36. The van der Waals surface area contributed by atoms with Gasteiger partial charge in [0.1, 0.15) is 5.75 Å². The quantitative estimate of drug-likeness (QED) is 0.786. The molecule has 0 unspecified atom stereocenters. The standard InChI is InChI=1S/C17H17ClN2O5/c1-23-14-8-10(7-13(18)16(14)24-2)17(22)20-11-3-5-12(6-4-11)25-9-15(19)21/h3-8H,9H2,1-2H3,(H2,19,21)(H,20,22). The minimum Gasteiger partial charge on any atom is -0.493 e. The summed E-state index contributed by atoms with van der Waals surface area (Å²) >= 11 is 6.10. The highest BCUT2D eigenvalue weighted by molar-refractivity contribution is 6.32. The fraction of sp³-hybridized carbons (Fsp3) is 0.176. The van der Waals surface area contributed by atoms with Gasteiger partial charge in [-0.2, -0.15) is 0 Å². The number of hydrogen-bond acceptors (Lipinski definition) is 5. The molecule has 0 aliphatic rings. The number of anilines is 1. The number of nitrogens with two attached hydrogens (primary N) is 1. The minimum absolute atomic E-state index is 0.212. The normalized spacial score (nSPS) is 10.0. The smallest absolute Gasteiger partial charge is 0.255 e. The average molecular weight is 365 g/mol. The van der Waals surface area contributed by atoms with Gasteiger partial charge in [-0.25, -0.2) is 0 Å². The Morgan fingerprint density at radius 1 is 1.12 bits per heavy atom. The summed E-state index contributed by atoms with van der Waals surface area (Å²) in [6.07, 6.45) is 0. The van der Waals surface area contributed by atoms with Crippen LogP contribution in [0.2, 0.25) is 5.02 Å². The molecule has 25 heavy (non-hydrogen) atoms. The predicted octanol–water partition coefficient (Wildman–Crippen LogP) is 2.47. The first kappa shape index (κ1) is 18.4. The number of halogens is 1. The molecule has 0 radical (unpaired) electrons. The number of methoxy groups -OCH3 is 2. The number of carbonyl (C=O) groups is 2. The maximum Gasteiger partial charge on any atom is 0.255 e. The Hall–Kier alpha value is -2.93. The fourth-order valence-corrected chi connectivity index (χ4v) is 2.33. The molecule has 8 heteroatoms. The molecular weight excluding hydrogens is 348 g/mol. The van der Waals surface area contributed by atoms with Gasteiger partial charge in [-0.05, 0) is 36.4 Å². The molecule has 0 bridgehead atoms. The lowest BCUT2D eigenvalue weighted by Gasteiger charge is -2.12. The zero-order valence-electron chi connectivity index (χ0n) is 13.7. The summed E-state index contributed by atoms with van der Waals surface area (Å²) < 4.78 is 15.5. The van der Waals surface area contributed by atoms with Crippen LogP contribution in [-0.2, 0) is 4.79 Å². The summed E-state index contributed by atoms with van der Waals surface area (Å²) in [6.45, 7) is -0.212. The van der Waals surface area contributed by atoms with Gasteiger partial charge in [0.25, 0.3) is 11.8 Å². The zero-order valence-corrected chi connectivity index (χ0v) is 14.4. The molecule has 2 rings (SSSR count). The average Bonchev–Trinajstić information content (AvgIpc) is 2.60. The molecule has 0 aliphatic heterocycles. The second-order valence-electron chi connectivity index (χ2n) is 4.93. The van der Waals surface area contributed by atoms with Crippen LogP contribution in [0.15, 0.2) is 36.4 Å². The third kappa shape index (κ3) is 4.77. The van der Waals surface area contributed by atoms with Gasteiger partial charge in [-0.1, -0.05) is 11.6 Å². The van der Waals surface area contributed by atoms with E-state index in [1.807, 2.05) is 0 Å². The molecule has 0 aromatic heterocycles. The lowest BCUT2D eigenvalue weighted by molar-refractivity contribution is -0.119. The van der Waals surface area contributed by atoms with Gasteiger partial charge in [0.2, 0.25) is 0 Å². The number of primary amides is 1. The van der Waals surface area contributed by atoms with E-state index in [1.165, 1.54) is 26.4 Å². The molecule has 2 aromatic rings. The highest BCUT2D eigenvalue weighted by Gasteiger charge is 2.15. The van der Waals surface area contributed by atoms with Crippen LogP contribution in [0.25, 0.3) is 0 Å². The van der Waals surface area contributed by atoms with Crippen molar-refractivity contribution in [2.45, 2.75) is 0 Å². The predicted molar refractivity (Wildman–Crippen MR) is 93.6 cm³/mol. The summed E-state index contributed by atoms with van der Waals surface area (Å²) in [6, 6.07) is 9.51. The number of hydrogen-bond donors (Lipinski definition) is 2. The Kier molecular flexibility index (Phi) is 6.08. The van der Waals surface area contributed by atoms with E-state index >= 15 is 0 Å². The summed E-state index contributed by atoms with van der Waals surface area (Å²) in [7, 11) is 2.92. The van der Waals surface area contributed by atoms with Crippen molar-refractivity contribution >= 4 is 29.1 Å². The first-order chi connectivity index (χ1) is 11.9. The van der Waals surface area contributed by atoms with E-state index in [9.17, 15) is 9.59 Å². The largest absolute Gasteiger partial charge is 0.493 e. The monoisotopic (exact) mass is 364 g/mol. The van der Waals surface area contributed by atoms with Crippen molar-refractivity contribution in [3.63, 3.8) is 0 Å². The van der Waals surface area contributed by atoms with Crippen molar-refractivity contribution in [1.29, 1.82) is 0 Å². The molecule has 0 saturated carbocycles. The summed E-state index contributed by atoms with van der Waals surface area (Å²) in [5.74, 6) is 0.245. The van der Waals surface area contributed by atoms with Crippen molar-refractivity contribution in [1.82, 2.24) is 0 Å². The van der Waals surface area contributed by atoms with Gasteiger partial charge in [-0.3, -0.25) is 9.59 Å². The van der Waals surface area contributed by atoms with Gasteiger partial charge in [0.05, 0.1) is 19.2 Å². The molecule has 3 N–H and O–H groups in total. The minimum atomic E-state index is -0.567. The van der Waals surface area contributed by atoms with Gasteiger partial charge in [-0.15, -0.1) is 0 Å². The summed E-state index contributed by atoms with van der Waals surface area (Å²) in [4.78, 5) is 23.1. The molecule has 0 aliphatic carbocycles. The fourth-order valence-electron chi connectivity index (χ4n) is 2.04. The van der Waals surface area contributed by atoms with Crippen molar-refractivity contribution in [2.24, 2.45) is 5.73 Å². The molecule has 2 amide bonds. The van der Waals surface area contributed by atoms with E-state index in [-0.39, 0.29) is 17.5 Å². The van der Waals surface area contributed by atoms with Crippen LogP contribution in [0.1, 0.15) is 10.4 Å². The van der Waals surface area contributed by atoms with Gasteiger partial charge < -0.3 is 25.3 Å². The van der Waals surface area contributed by atoms with Gasteiger partial charge >= 0.3 is 0 Å². The first-order valence-electron chi connectivity index (χ1n) is 7.18. The molecule has 2 aromatic carbocycles. The van der Waals surface area contributed by atoms with E-state index in [0.717, 1.165) is 0 Å². The molecular formula is C17H17ClN2O5. The lowest BCUT2D eigenvalue weighted by atomic mass is 10.1. The van der Waals surface area contributed by atoms with Crippen LogP contribution >= 0.6 is 11.6 Å². The number of rotatable bonds is 7. The Balaban J connectivity index is 2.11. The van der Waals surface area contributed by atoms with Crippen LogP contribution in [0.5, 0.6) is 17.2 Å². The highest BCUT2D eigenvalue weighted by atomic mass is 35.5. The van der Waals surface area contributed by atoms with Crippen LogP contribution in [0.4, 0.5) is 5.69 Å². The molecule has 0 atom stereocenters. The number of amides is 2. The van der Waals surface area contributed by atoms with Crippen molar-refractivity contribution in [3.8, 4) is 17.2 Å². The maximum atomic E-state index is 12.4. The summed E-state index contributed by atoms with van der Waals surface area (Å²) in [5.41, 5.74) is 5.87. The molecule has 0 saturated heterocycles. The van der Waals surface area contributed by atoms with E-state index in [1.54, 1.807) is 24.3 Å². The second kappa shape index (κ2) is 8.25. The third-order valence-electron chi connectivity index (χ3n) is 3.19. The Labute approximate surface area is 149 Å². The number of ether oxygens (including phenoxy) is 3. The van der Waals surface area contributed by atoms with E-state index in [4.69, 9.17) is 31.5 Å². The van der Waals surface area contributed by atoms with Crippen LogP contribution in [0, 0.1) is 0 Å². The van der Waals surface area contributed by atoms with E-state index in [2.05, 4.69) is 5.32 Å². The van der Waals surface area contributed by atoms with Gasteiger partial charge in [0.15, 0.2) is 18.1 Å². The zero-order chi connectivity index (χ0) is 18.4. The number of benzene rings is 2. The van der Waals surface area contributed by atoms with Crippen LogP contribution in [0.3, 0.4) is 0 Å². The Bertz CT molecular complexity index is 777. The topological polar surface area (TPSA) is 99.9 Å². The van der Waals surface area contributed by atoms with Crippen LogP contribution < -0.4 is 25.3 Å². The maximum absolute atomic E-state index is 12.4. The SMILES string of the molecule is COc1cc(C(=O)Nc2ccc(OCC(N)=O)cc2)cc(Cl)c1OC. The first-order valence-corrected chi connectivity index (χ1v) is 7.56. The van der Waals surface area contributed by atoms with Crippen molar-refractivity contribution < 1.29 is 23.8 Å². The lowest BCUT2D eigenvalue weighted by Crippen LogP contribution is -2.20. The van der Waals surface area contributed by atoms with E-state index in [0.29, 0.717) is 28.5 Å². The molecule has 132 valence electrons. The third-order valence-corrected chi connectivity index (χ3v) is 3.47. The molecule has 0 heterocycles. The molecule has 0 spiro atoms. The van der Waals surface area contributed by atoms with Crippen LogP contribution in [-0.4, -0.2) is 32.6 Å². The Morgan fingerprint density at radius 2 is 1.80 bits per heavy atom. The number of nitrogens with one attached hydrogen (secondary N) is 1. The van der Waals surface area contributed by atoms with Crippen molar-refractivity contribution in [3.05, 3.63) is 47.0 Å². The number of carbonyl (C=O) groups excluding carboxylic acids is 2. The van der Waals surface area contributed by atoms with E-state index < -0.39 is 5.91 Å². The van der Waals surface area contributed by atoms with Gasteiger partial charge in [0, 0.05) is 11.3 Å². The van der Waals surface area contributed by atoms with Crippen molar-refractivity contribution in [2.75, 3.05) is 26.1 Å². The summed E-state index contributed by atoms with van der Waals surface area (Å²) in [5, 5.41) is 2.99. The Morgan fingerprint density at radius 3 is 2.36 bits per heavy atom. The molecule has 0 fully saturated rings. The molecule has 7 nitrogen and oxygen atoms in total. The second-order valence-corrected chi connectivity index (χ2v) is 5.33.